The smallest absolute Gasteiger partial charge is 0.257 e. The van der Waals surface area contributed by atoms with Crippen molar-refractivity contribution in [3.05, 3.63) is 52.1 Å². The summed E-state index contributed by atoms with van der Waals surface area (Å²) in [7, 11) is 1.70. The number of halogens is 3. The van der Waals surface area contributed by atoms with E-state index in [1.54, 1.807) is 19.2 Å². The zero-order valence-corrected chi connectivity index (χ0v) is 12.0. The summed E-state index contributed by atoms with van der Waals surface area (Å²) in [6, 6.07) is 5.02. The second-order valence-corrected chi connectivity index (χ2v) is 4.74. The van der Waals surface area contributed by atoms with Gasteiger partial charge in [0.25, 0.3) is 5.91 Å². The molecule has 4 nitrogen and oxygen atoms in total. The van der Waals surface area contributed by atoms with Crippen LogP contribution in [0, 0.1) is 11.6 Å². The number of carbonyl (C=O) groups excluding carboxylic acids is 1. The second kappa shape index (κ2) is 5.96. The zero-order valence-electron chi connectivity index (χ0n) is 10.4. The van der Waals surface area contributed by atoms with Crippen LogP contribution in [0.1, 0.15) is 10.4 Å². The van der Waals surface area contributed by atoms with Crippen LogP contribution in [0.4, 0.5) is 20.3 Å². The predicted molar refractivity (Wildman–Crippen MR) is 75.8 cm³/mol. The van der Waals surface area contributed by atoms with E-state index in [2.05, 4.69) is 31.5 Å². The van der Waals surface area contributed by atoms with Crippen LogP contribution >= 0.6 is 15.9 Å². The second-order valence-electron chi connectivity index (χ2n) is 3.88. The monoisotopic (exact) mass is 341 g/mol. The van der Waals surface area contributed by atoms with Crippen molar-refractivity contribution in [3.63, 3.8) is 0 Å². The molecular formula is C13H10BrF2N3O. The molecule has 0 unspecified atom stereocenters. The largest absolute Gasteiger partial charge is 0.373 e. The fourth-order valence-electron chi connectivity index (χ4n) is 1.49. The number of amides is 1. The first-order valence-corrected chi connectivity index (χ1v) is 6.40. The summed E-state index contributed by atoms with van der Waals surface area (Å²) >= 11 is 2.93. The fourth-order valence-corrected chi connectivity index (χ4v) is 1.83. The molecule has 2 rings (SSSR count). The van der Waals surface area contributed by atoms with Crippen LogP contribution in [0.15, 0.2) is 34.9 Å². The Morgan fingerprint density at radius 1 is 1.25 bits per heavy atom. The minimum atomic E-state index is -0.848. The zero-order chi connectivity index (χ0) is 14.7. The quantitative estimate of drug-likeness (QED) is 0.841. The van der Waals surface area contributed by atoms with Gasteiger partial charge in [0.05, 0.1) is 15.7 Å². The Morgan fingerprint density at radius 3 is 2.60 bits per heavy atom. The first-order valence-electron chi connectivity index (χ1n) is 5.61. The Kier molecular flexibility index (Phi) is 4.29. The van der Waals surface area contributed by atoms with Crippen molar-refractivity contribution in [1.82, 2.24) is 4.98 Å². The van der Waals surface area contributed by atoms with E-state index in [1.807, 2.05) is 0 Å². The molecule has 0 fully saturated rings. The number of nitrogens with zero attached hydrogens (tertiary/aromatic N) is 1. The molecule has 0 atom stereocenters. The van der Waals surface area contributed by atoms with Gasteiger partial charge in [-0.05, 0) is 34.1 Å². The number of nitrogens with one attached hydrogen (secondary N) is 2. The number of benzene rings is 1. The van der Waals surface area contributed by atoms with E-state index in [1.165, 1.54) is 6.20 Å². The number of carbonyl (C=O) groups is 1. The van der Waals surface area contributed by atoms with Crippen molar-refractivity contribution >= 4 is 33.3 Å². The molecule has 2 N–H and O–H groups in total. The van der Waals surface area contributed by atoms with Gasteiger partial charge in [-0.15, -0.1) is 0 Å². The summed E-state index contributed by atoms with van der Waals surface area (Å²) < 4.78 is 26.7. The summed E-state index contributed by atoms with van der Waals surface area (Å²) in [5.74, 6) is -1.51. The highest BCUT2D eigenvalue weighted by Gasteiger charge is 2.12. The molecule has 0 spiro atoms. The normalized spacial score (nSPS) is 10.2. The molecule has 1 heterocycles. The van der Waals surface area contributed by atoms with E-state index in [9.17, 15) is 13.6 Å². The number of anilines is 2. The van der Waals surface area contributed by atoms with Gasteiger partial charge in [0.1, 0.15) is 17.5 Å². The van der Waals surface area contributed by atoms with E-state index < -0.39 is 17.5 Å². The molecule has 0 saturated heterocycles. The highest BCUT2D eigenvalue weighted by Crippen LogP contribution is 2.24. The highest BCUT2D eigenvalue weighted by molar-refractivity contribution is 9.10. The molecular weight excluding hydrogens is 332 g/mol. The SMILES string of the molecule is CNc1ccc(C(=O)Nc2cc(Br)c(F)cc2F)cn1. The summed E-state index contributed by atoms with van der Waals surface area (Å²) in [6.07, 6.45) is 1.36. The molecule has 1 aromatic carbocycles. The van der Waals surface area contributed by atoms with E-state index in [0.29, 0.717) is 11.9 Å². The molecule has 0 aliphatic rings. The third kappa shape index (κ3) is 3.11. The van der Waals surface area contributed by atoms with Gasteiger partial charge in [-0.1, -0.05) is 0 Å². The minimum Gasteiger partial charge on any atom is -0.373 e. The van der Waals surface area contributed by atoms with Gasteiger partial charge in [-0.25, -0.2) is 13.8 Å². The molecule has 2 aromatic rings. The minimum absolute atomic E-state index is 0.0675. The topological polar surface area (TPSA) is 54.0 Å². The Hall–Kier alpha value is -2.02. The summed E-state index contributed by atoms with van der Waals surface area (Å²) in [6.45, 7) is 0. The van der Waals surface area contributed by atoms with Crippen molar-refractivity contribution in [2.75, 3.05) is 17.7 Å². The maximum atomic E-state index is 13.5. The first-order chi connectivity index (χ1) is 9.51. The van der Waals surface area contributed by atoms with Crippen LogP contribution in [0.25, 0.3) is 0 Å². The van der Waals surface area contributed by atoms with Gasteiger partial charge in [0.2, 0.25) is 0 Å². The third-order valence-electron chi connectivity index (χ3n) is 2.54. The maximum Gasteiger partial charge on any atom is 0.257 e. The lowest BCUT2D eigenvalue weighted by Gasteiger charge is -2.08. The Labute approximate surface area is 122 Å². The van der Waals surface area contributed by atoms with E-state index in [4.69, 9.17) is 0 Å². The Morgan fingerprint density at radius 2 is 2.00 bits per heavy atom. The number of pyridine rings is 1. The highest BCUT2D eigenvalue weighted by atomic mass is 79.9. The summed E-state index contributed by atoms with van der Waals surface area (Å²) in [5.41, 5.74) is 0.157. The van der Waals surface area contributed by atoms with E-state index >= 15 is 0 Å². The van der Waals surface area contributed by atoms with E-state index in [-0.39, 0.29) is 15.7 Å². The number of aromatic nitrogens is 1. The molecule has 20 heavy (non-hydrogen) atoms. The van der Waals surface area contributed by atoms with Crippen LogP contribution < -0.4 is 10.6 Å². The van der Waals surface area contributed by atoms with Crippen LogP contribution in [0.3, 0.4) is 0 Å². The lowest BCUT2D eigenvalue weighted by atomic mass is 10.2. The van der Waals surface area contributed by atoms with Crippen molar-refractivity contribution in [3.8, 4) is 0 Å². The molecule has 1 aromatic heterocycles. The van der Waals surface area contributed by atoms with Crippen LogP contribution in [0.2, 0.25) is 0 Å². The van der Waals surface area contributed by atoms with Crippen molar-refractivity contribution < 1.29 is 13.6 Å². The van der Waals surface area contributed by atoms with Crippen LogP contribution in [0.5, 0.6) is 0 Å². The summed E-state index contributed by atoms with van der Waals surface area (Å²) in [4.78, 5) is 15.9. The standard InChI is InChI=1S/C13H10BrF2N3O/c1-17-12-3-2-7(6-18-12)13(20)19-11-4-8(14)9(15)5-10(11)16/h2-6H,1H3,(H,17,18)(H,19,20). The number of rotatable bonds is 3. The third-order valence-corrected chi connectivity index (χ3v) is 3.15. The molecule has 0 aliphatic heterocycles. The van der Waals surface area contributed by atoms with Gasteiger partial charge >= 0.3 is 0 Å². The molecule has 7 heteroatoms. The van der Waals surface area contributed by atoms with Crippen molar-refractivity contribution in [2.24, 2.45) is 0 Å². The maximum absolute atomic E-state index is 13.5. The average molecular weight is 342 g/mol. The van der Waals surface area contributed by atoms with E-state index in [0.717, 1.165) is 6.07 Å². The fraction of sp³-hybridized carbons (Fsp3) is 0.0769. The average Bonchev–Trinajstić information content (AvgIpc) is 2.44. The first kappa shape index (κ1) is 14.4. The lowest BCUT2D eigenvalue weighted by molar-refractivity contribution is 0.102. The molecule has 0 saturated carbocycles. The summed E-state index contributed by atoms with van der Waals surface area (Å²) in [5, 5.41) is 5.18. The number of hydrogen-bond donors (Lipinski definition) is 2. The Bertz CT molecular complexity index is 647. The molecule has 0 aliphatic carbocycles. The molecule has 104 valence electrons. The van der Waals surface area contributed by atoms with Crippen LogP contribution in [-0.4, -0.2) is 17.9 Å². The van der Waals surface area contributed by atoms with Gasteiger partial charge in [0, 0.05) is 19.3 Å². The van der Waals surface area contributed by atoms with Gasteiger partial charge in [-0.3, -0.25) is 4.79 Å². The number of hydrogen-bond acceptors (Lipinski definition) is 3. The Balaban J connectivity index is 2.20. The van der Waals surface area contributed by atoms with Crippen LogP contribution in [-0.2, 0) is 0 Å². The van der Waals surface area contributed by atoms with Gasteiger partial charge in [-0.2, -0.15) is 0 Å². The lowest BCUT2D eigenvalue weighted by Crippen LogP contribution is -2.13. The molecule has 1 amide bonds. The molecule has 0 bridgehead atoms. The predicted octanol–water partition coefficient (Wildman–Crippen LogP) is 3.42. The van der Waals surface area contributed by atoms with Gasteiger partial charge < -0.3 is 10.6 Å². The van der Waals surface area contributed by atoms with Crippen molar-refractivity contribution in [2.45, 2.75) is 0 Å². The molecule has 0 radical (unpaired) electrons. The van der Waals surface area contributed by atoms with Crippen molar-refractivity contribution in [1.29, 1.82) is 0 Å². The van der Waals surface area contributed by atoms with Gasteiger partial charge in [0.15, 0.2) is 0 Å².